The van der Waals surface area contributed by atoms with E-state index in [1.54, 1.807) is 11.4 Å². The van der Waals surface area contributed by atoms with E-state index in [0.717, 1.165) is 12.0 Å². The normalized spacial score (nSPS) is 10.2. The molecule has 0 unspecified atom stereocenters. The first-order valence-corrected chi connectivity index (χ1v) is 4.52. The summed E-state index contributed by atoms with van der Waals surface area (Å²) in [5.74, 6) is 0.599. The Morgan fingerprint density at radius 3 is 3.00 bits per heavy atom. The number of aromatic nitrogens is 2. The van der Waals surface area contributed by atoms with Crippen LogP contribution >= 0.6 is 11.3 Å². The SMILES string of the molecule is Cc1cc(-c2csc(C=O)n2)on1. The second-order valence-corrected chi connectivity index (χ2v) is 3.41. The lowest BCUT2D eigenvalue weighted by molar-refractivity contribution is 0.112. The van der Waals surface area contributed by atoms with Gasteiger partial charge in [0.05, 0.1) is 5.69 Å². The highest BCUT2D eigenvalue weighted by Gasteiger charge is 2.08. The lowest BCUT2D eigenvalue weighted by Crippen LogP contribution is -1.77. The molecule has 0 aliphatic carbocycles. The van der Waals surface area contributed by atoms with Gasteiger partial charge < -0.3 is 4.52 Å². The van der Waals surface area contributed by atoms with Crippen LogP contribution in [0.25, 0.3) is 11.5 Å². The lowest BCUT2D eigenvalue weighted by Gasteiger charge is -1.82. The standard InChI is InChI=1S/C8H6N2O2S/c1-5-2-7(12-10-5)6-4-13-8(3-11)9-6/h2-4H,1H3. The highest BCUT2D eigenvalue weighted by molar-refractivity contribution is 7.11. The first-order valence-electron chi connectivity index (χ1n) is 3.64. The van der Waals surface area contributed by atoms with E-state index in [9.17, 15) is 4.79 Å². The predicted molar refractivity (Wildman–Crippen MR) is 47.7 cm³/mol. The zero-order valence-corrected chi connectivity index (χ0v) is 7.67. The lowest BCUT2D eigenvalue weighted by atomic mass is 10.3. The van der Waals surface area contributed by atoms with E-state index in [0.29, 0.717) is 16.5 Å². The summed E-state index contributed by atoms with van der Waals surface area (Å²) in [7, 11) is 0. The number of carbonyl (C=O) groups is 1. The van der Waals surface area contributed by atoms with Gasteiger partial charge in [-0.15, -0.1) is 11.3 Å². The molecule has 0 fully saturated rings. The average Bonchev–Trinajstić information content (AvgIpc) is 2.71. The highest BCUT2D eigenvalue weighted by atomic mass is 32.1. The molecule has 0 spiro atoms. The van der Waals surface area contributed by atoms with Crippen molar-refractivity contribution in [1.29, 1.82) is 0 Å². The van der Waals surface area contributed by atoms with Gasteiger partial charge in [0.25, 0.3) is 0 Å². The second kappa shape index (κ2) is 3.10. The first-order chi connectivity index (χ1) is 6.29. The summed E-state index contributed by atoms with van der Waals surface area (Å²) in [5, 5.41) is 5.95. The Morgan fingerprint density at radius 1 is 1.62 bits per heavy atom. The topological polar surface area (TPSA) is 56.0 Å². The third-order valence-corrected chi connectivity index (χ3v) is 2.27. The molecule has 0 N–H and O–H groups in total. The largest absolute Gasteiger partial charge is 0.354 e. The Morgan fingerprint density at radius 2 is 2.46 bits per heavy atom. The molecule has 5 heteroatoms. The monoisotopic (exact) mass is 194 g/mol. The fraction of sp³-hybridized carbons (Fsp3) is 0.125. The number of rotatable bonds is 2. The van der Waals surface area contributed by atoms with Gasteiger partial charge in [-0.1, -0.05) is 5.16 Å². The maximum absolute atomic E-state index is 10.4. The number of aryl methyl sites for hydroxylation is 1. The van der Waals surface area contributed by atoms with Gasteiger partial charge in [0.1, 0.15) is 5.69 Å². The van der Waals surface area contributed by atoms with Gasteiger partial charge >= 0.3 is 0 Å². The van der Waals surface area contributed by atoms with E-state index in [1.807, 2.05) is 6.92 Å². The van der Waals surface area contributed by atoms with Crippen LogP contribution in [0.3, 0.4) is 0 Å². The average molecular weight is 194 g/mol. The molecule has 13 heavy (non-hydrogen) atoms. The van der Waals surface area contributed by atoms with Crippen LogP contribution in [0.15, 0.2) is 16.0 Å². The number of hydrogen-bond acceptors (Lipinski definition) is 5. The van der Waals surface area contributed by atoms with E-state index in [2.05, 4.69) is 10.1 Å². The fourth-order valence-corrected chi connectivity index (χ4v) is 1.55. The predicted octanol–water partition coefficient (Wildman–Crippen LogP) is 1.92. The van der Waals surface area contributed by atoms with E-state index in [4.69, 9.17) is 4.52 Å². The summed E-state index contributed by atoms with van der Waals surface area (Å²) in [6.07, 6.45) is 0.720. The van der Waals surface area contributed by atoms with Crippen molar-refractivity contribution < 1.29 is 9.32 Å². The summed E-state index contributed by atoms with van der Waals surface area (Å²) in [5.41, 5.74) is 1.46. The minimum atomic E-state index is 0.448. The van der Waals surface area contributed by atoms with Crippen LogP contribution < -0.4 is 0 Å². The molecule has 0 aliphatic heterocycles. The molecule has 0 bridgehead atoms. The number of nitrogens with zero attached hydrogens (tertiary/aromatic N) is 2. The van der Waals surface area contributed by atoms with Gasteiger partial charge in [-0.2, -0.15) is 0 Å². The van der Waals surface area contributed by atoms with Crippen LogP contribution in [-0.2, 0) is 0 Å². The molecule has 2 heterocycles. The zero-order valence-electron chi connectivity index (χ0n) is 6.85. The maximum Gasteiger partial charge on any atom is 0.186 e. The van der Waals surface area contributed by atoms with Crippen LogP contribution in [0.5, 0.6) is 0 Å². The number of aldehydes is 1. The van der Waals surface area contributed by atoms with Crippen LogP contribution in [0.1, 0.15) is 15.5 Å². The summed E-state index contributed by atoms with van der Waals surface area (Å²) in [6.45, 7) is 1.83. The third kappa shape index (κ3) is 1.50. The van der Waals surface area contributed by atoms with Gasteiger partial charge in [-0.05, 0) is 6.92 Å². The Kier molecular flexibility index (Phi) is 1.94. The molecule has 4 nitrogen and oxygen atoms in total. The summed E-state index contributed by atoms with van der Waals surface area (Å²) >= 11 is 1.29. The van der Waals surface area contributed by atoms with Crippen molar-refractivity contribution in [2.24, 2.45) is 0 Å². The molecule has 0 aliphatic rings. The van der Waals surface area contributed by atoms with Gasteiger partial charge in [0.2, 0.25) is 0 Å². The molecule has 66 valence electrons. The van der Waals surface area contributed by atoms with Crippen molar-refractivity contribution in [2.45, 2.75) is 6.92 Å². The maximum atomic E-state index is 10.4. The molecule has 0 saturated carbocycles. The van der Waals surface area contributed by atoms with E-state index < -0.39 is 0 Å². The summed E-state index contributed by atoms with van der Waals surface area (Å²) in [6, 6.07) is 1.78. The van der Waals surface area contributed by atoms with Crippen LogP contribution in [-0.4, -0.2) is 16.4 Å². The van der Waals surface area contributed by atoms with Gasteiger partial charge in [-0.25, -0.2) is 4.98 Å². The van der Waals surface area contributed by atoms with Crippen LogP contribution in [0, 0.1) is 6.92 Å². The Hall–Kier alpha value is -1.49. The quantitative estimate of drug-likeness (QED) is 0.685. The second-order valence-electron chi connectivity index (χ2n) is 2.52. The van der Waals surface area contributed by atoms with Crippen molar-refractivity contribution in [3.8, 4) is 11.5 Å². The zero-order chi connectivity index (χ0) is 9.26. The van der Waals surface area contributed by atoms with Gasteiger partial charge in [0, 0.05) is 11.4 Å². The highest BCUT2D eigenvalue weighted by Crippen LogP contribution is 2.21. The molecular formula is C8H6N2O2S. The molecule has 2 rings (SSSR count). The Bertz CT molecular complexity index is 433. The summed E-state index contributed by atoms with van der Waals surface area (Å²) < 4.78 is 4.99. The molecule has 0 radical (unpaired) electrons. The van der Waals surface area contributed by atoms with Crippen molar-refractivity contribution in [3.05, 3.63) is 22.1 Å². The third-order valence-electron chi connectivity index (χ3n) is 1.50. The van der Waals surface area contributed by atoms with Gasteiger partial charge in [-0.3, -0.25) is 4.79 Å². The minimum Gasteiger partial charge on any atom is -0.354 e. The first kappa shape index (κ1) is 8.12. The van der Waals surface area contributed by atoms with Crippen molar-refractivity contribution in [2.75, 3.05) is 0 Å². The van der Waals surface area contributed by atoms with E-state index >= 15 is 0 Å². The molecule has 0 aromatic carbocycles. The van der Waals surface area contributed by atoms with Crippen molar-refractivity contribution in [3.63, 3.8) is 0 Å². The van der Waals surface area contributed by atoms with Crippen molar-refractivity contribution in [1.82, 2.24) is 10.1 Å². The van der Waals surface area contributed by atoms with Crippen LogP contribution in [0.4, 0.5) is 0 Å². The smallest absolute Gasteiger partial charge is 0.186 e. The minimum absolute atomic E-state index is 0.448. The molecule has 2 aromatic heterocycles. The molecule has 0 saturated heterocycles. The van der Waals surface area contributed by atoms with E-state index in [-0.39, 0.29) is 0 Å². The van der Waals surface area contributed by atoms with Gasteiger partial charge in [0.15, 0.2) is 17.1 Å². The molecule has 2 aromatic rings. The van der Waals surface area contributed by atoms with E-state index in [1.165, 1.54) is 11.3 Å². The molecule has 0 atom stereocenters. The number of hydrogen-bond donors (Lipinski definition) is 0. The molecular weight excluding hydrogens is 188 g/mol. The fourth-order valence-electron chi connectivity index (χ4n) is 0.939. The Balaban J connectivity index is 2.40. The number of thiazole rings is 1. The van der Waals surface area contributed by atoms with Crippen LogP contribution in [0.2, 0.25) is 0 Å². The van der Waals surface area contributed by atoms with Crippen molar-refractivity contribution >= 4 is 17.6 Å². The molecule has 0 amide bonds. The summed E-state index contributed by atoms with van der Waals surface area (Å²) in [4.78, 5) is 14.4. The number of carbonyl (C=O) groups excluding carboxylic acids is 1. The Labute approximate surface area is 78.2 Å².